The van der Waals surface area contributed by atoms with Gasteiger partial charge in [0.05, 0.1) is 25.0 Å². The SMILES string of the molecule is Cc1cnc(C(=O)N2CCOC(C(=O)O)C2)cn1. The van der Waals surface area contributed by atoms with Gasteiger partial charge in [-0.2, -0.15) is 0 Å². The largest absolute Gasteiger partial charge is 0.479 e. The van der Waals surface area contributed by atoms with Crippen LogP contribution in [-0.2, 0) is 9.53 Å². The smallest absolute Gasteiger partial charge is 0.334 e. The quantitative estimate of drug-likeness (QED) is 0.776. The first kappa shape index (κ1) is 12.4. The first-order valence-electron chi connectivity index (χ1n) is 5.50. The molecule has 0 bridgehead atoms. The van der Waals surface area contributed by atoms with Crippen molar-refractivity contribution in [3.05, 3.63) is 23.8 Å². The van der Waals surface area contributed by atoms with E-state index in [1.54, 1.807) is 6.92 Å². The zero-order chi connectivity index (χ0) is 13.1. The van der Waals surface area contributed by atoms with Crippen molar-refractivity contribution in [2.75, 3.05) is 19.7 Å². The van der Waals surface area contributed by atoms with Gasteiger partial charge >= 0.3 is 5.97 Å². The summed E-state index contributed by atoms with van der Waals surface area (Å²) < 4.78 is 5.05. The highest BCUT2D eigenvalue weighted by molar-refractivity contribution is 5.92. The Morgan fingerprint density at radius 3 is 2.83 bits per heavy atom. The molecule has 0 saturated carbocycles. The van der Waals surface area contributed by atoms with E-state index in [1.807, 2.05) is 0 Å². The van der Waals surface area contributed by atoms with Gasteiger partial charge < -0.3 is 14.7 Å². The maximum Gasteiger partial charge on any atom is 0.334 e. The first-order chi connectivity index (χ1) is 8.58. The van der Waals surface area contributed by atoms with Crippen LogP contribution in [0.5, 0.6) is 0 Å². The summed E-state index contributed by atoms with van der Waals surface area (Å²) in [6, 6.07) is 0. The van der Waals surface area contributed by atoms with Gasteiger partial charge in [0.25, 0.3) is 5.91 Å². The second-order valence-corrected chi connectivity index (χ2v) is 3.99. The Balaban J connectivity index is 2.09. The number of aliphatic carboxylic acids is 1. The Labute approximate surface area is 103 Å². The molecule has 1 unspecified atom stereocenters. The zero-order valence-electron chi connectivity index (χ0n) is 9.87. The van der Waals surface area contributed by atoms with Gasteiger partial charge in [-0.1, -0.05) is 0 Å². The number of carboxylic acids is 1. The van der Waals surface area contributed by atoms with E-state index in [1.165, 1.54) is 17.3 Å². The fraction of sp³-hybridized carbons (Fsp3) is 0.455. The number of amides is 1. The van der Waals surface area contributed by atoms with Crippen LogP contribution in [0.3, 0.4) is 0 Å². The minimum Gasteiger partial charge on any atom is -0.479 e. The van der Waals surface area contributed by atoms with Crippen LogP contribution in [0.2, 0.25) is 0 Å². The van der Waals surface area contributed by atoms with Crippen LogP contribution in [0.15, 0.2) is 12.4 Å². The first-order valence-corrected chi connectivity index (χ1v) is 5.50. The third kappa shape index (κ3) is 2.62. The lowest BCUT2D eigenvalue weighted by Gasteiger charge is -2.30. The van der Waals surface area contributed by atoms with Gasteiger partial charge in [0.2, 0.25) is 0 Å². The number of rotatable bonds is 2. The van der Waals surface area contributed by atoms with E-state index in [2.05, 4.69) is 9.97 Å². The summed E-state index contributed by atoms with van der Waals surface area (Å²) in [5, 5.41) is 8.85. The third-order valence-electron chi connectivity index (χ3n) is 2.63. The minimum atomic E-state index is -1.07. The summed E-state index contributed by atoms with van der Waals surface area (Å²) in [5.74, 6) is -1.39. The number of carbonyl (C=O) groups excluding carboxylic acids is 1. The van der Waals surface area contributed by atoms with Crippen molar-refractivity contribution in [3.8, 4) is 0 Å². The summed E-state index contributed by atoms with van der Waals surface area (Å²) >= 11 is 0. The molecule has 0 aliphatic carbocycles. The van der Waals surface area contributed by atoms with Crippen molar-refractivity contribution >= 4 is 11.9 Å². The van der Waals surface area contributed by atoms with Gasteiger partial charge in [0.15, 0.2) is 6.10 Å². The molecular weight excluding hydrogens is 238 g/mol. The fourth-order valence-corrected chi connectivity index (χ4v) is 1.65. The molecule has 1 aliphatic heterocycles. The molecule has 18 heavy (non-hydrogen) atoms. The maximum atomic E-state index is 12.1. The number of morpholine rings is 1. The molecular formula is C11H13N3O4. The van der Waals surface area contributed by atoms with Gasteiger partial charge in [-0.05, 0) is 6.92 Å². The summed E-state index contributed by atoms with van der Waals surface area (Å²) in [5.41, 5.74) is 0.934. The molecule has 96 valence electrons. The Hall–Kier alpha value is -2.02. The van der Waals surface area contributed by atoms with Crippen molar-refractivity contribution in [3.63, 3.8) is 0 Å². The molecule has 7 heteroatoms. The second-order valence-electron chi connectivity index (χ2n) is 3.99. The average molecular weight is 251 g/mol. The molecule has 0 aromatic carbocycles. The lowest BCUT2D eigenvalue weighted by molar-refractivity contribution is -0.154. The number of hydrogen-bond donors (Lipinski definition) is 1. The van der Waals surface area contributed by atoms with Crippen LogP contribution < -0.4 is 0 Å². The number of nitrogens with zero attached hydrogens (tertiary/aromatic N) is 3. The number of hydrogen-bond acceptors (Lipinski definition) is 5. The Morgan fingerprint density at radius 2 is 2.22 bits per heavy atom. The van der Waals surface area contributed by atoms with Crippen molar-refractivity contribution in [1.29, 1.82) is 0 Å². The van der Waals surface area contributed by atoms with Gasteiger partial charge in [0, 0.05) is 12.7 Å². The van der Waals surface area contributed by atoms with E-state index in [-0.39, 0.29) is 24.8 Å². The number of ether oxygens (including phenoxy) is 1. The van der Waals surface area contributed by atoms with Crippen molar-refractivity contribution in [2.24, 2.45) is 0 Å². The van der Waals surface area contributed by atoms with Crippen molar-refractivity contribution < 1.29 is 19.4 Å². The van der Waals surface area contributed by atoms with Gasteiger partial charge in [-0.25, -0.2) is 9.78 Å². The lowest BCUT2D eigenvalue weighted by Crippen LogP contribution is -2.48. The van der Waals surface area contributed by atoms with E-state index in [9.17, 15) is 9.59 Å². The highest BCUT2D eigenvalue weighted by Crippen LogP contribution is 2.09. The van der Waals surface area contributed by atoms with Crippen LogP contribution in [0.1, 0.15) is 16.2 Å². The summed E-state index contributed by atoms with van der Waals surface area (Å²) in [6.07, 6.45) is 1.92. The Morgan fingerprint density at radius 1 is 1.44 bits per heavy atom. The van der Waals surface area contributed by atoms with E-state index in [0.29, 0.717) is 6.54 Å². The zero-order valence-corrected chi connectivity index (χ0v) is 9.87. The Bertz CT molecular complexity index is 460. The van der Waals surface area contributed by atoms with Crippen molar-refractivity contribution in [2.45, 2.75) is 13.0 Å². The molecule has 1 aromatic heterocycles. The number of carboxylic acid groups (broad SMARTS) is 1. The second kappa shape index (κ2) is 5.09. The molecule has 7 nitrogen and oxygen atoms in total. The molecule has 2 heterocycles. The van der Waals surface area contributed by atoms with E-state index in [4.69, 9.17) is 9.84 Å². The summed E-state index contributed by atoms with van der Waals surface area (Å²) in [7, 11) is 0. The predicted molar refractivity (Wildman–Crippen MR) is 60.0 cm³/mol. The number of aromatic nitrogens is 2. The molecule has 0 radical (unpaired) electrons. The van der Waals surface area contributed by atoms with Gasteiger partial charge in [0.1, 0.15) is 5.69 Å². The molecule has 1 saturated heterocycles. The number of aryl methyl sites for hydroxylation is 1. The minimum absolute atomic E-state index is 0.0315. The molecule has 1 atom stereocenters. The topological polar surface area (TPSA) is 92.6 Å². The Kier molecular flexibility index (Phi) is 3.52. The lowest BCUT2D eigenvalue weighted by atomic mass is 10.2. The van der Waals surface area contributed by atoms with Gasteiger partial charge in [-0.3, -0.25) is 9.78 Å². The van der Waals surface area contributed by atoms with Crippen LogP contribution in [0.25, 0.3) is 0 Å². The molecule has 1 aliphatic rings. The summed E-state index contributed by atoms with van der Waals surface area (Å²) in [4.78, 5) is 32.3. The van der Waals surface area contributed by atoms with Crippen molar-refractivity contribution in [1.82, 2.24) is 14.9 Å². The average Bonchev–Trinajstić information content (AvgIpc) is 2.39. The monoisotopic (exact) mass is 251 g/mol. The number of carbonyl (C=O) groups is 2. The van der Waals surface area contributed by atoms with Crippen LogP contribution in [-0.4, -0.2) is 57.7 Å². The molecule has 1 amide bonds. The highest BCUT2D eigenvalue weighted by Gasteiger charge is 2.29. The van der Waals surface area contributed by atoms with E-state index >= 15 is 0 Å². The molecule has 1 fully saturated rings. The fourth-order valence-electron chi connectivity index (χ4n) is 1.65. The van der Waals surface area contributed by atoms with Crippen LogP contribution in [0, 0.1) is 6.92 Å². The molecule has 2 rings (SSSR count). The van der Waals surface area contributed by atoms with E-state index in [0.717, 1.165) is 5.69 Å². The normalized spacial score (nSPS) is 19.6. The summed E-state index contributed by atoms with van der Waals surface area (Å²) in [6.45, 7) is 2.38. The predicted octanol–water partition coefficient (Wildman–Crippen LogP) is -0.289. The third-order valence-corrected chi connectivity index (χ3v) is 2.63. The standard InChI is InChI=1S/C11H13N3O4/c1-7-4-13-8(5-12-7)10(15)14-2-3-18-9(6-14)11(16)17/h4-5,9H,2-3,6H2,1H3,(H,16,17). The van der Waals surface area contributed by atoms with Crippen LogP contribution >= 0.6 is 0 Å². The molecule has 1 aromatic rings. The van der Waals surface area contributed by atoms with Gasteiger partial charge in [-0.15, -0.1) is 0 Å². The molecule has 1 N–H and O–H groups in total. The maximum absolute atomic E-state index is 12.1. The highest BCUT2D eigenvalue weighted by atomic mass is 16.5. The molecule has 0 spiro atoms. The van der Waals surface area contributed by atoms with E-state index < -0.39 is 12.1 Å². The van der Waals surface area contributed by atoms with Crippen LogP contribution in [0.4, 0.5) is 0 Å².